The van der Waals surface area contributed by atoms with Crippen molar-refractivity contribution in [2.45, 2.75) is 32.0 Å². The van der Waals surface area contributed by atoms with Crippen LogP contribution in [0.15, 0.2) is 66.7 Å². The Hall–Kier alpha value is -2.63. The van der Waals surface area contributed by atoms with Crippen LogP contribution in [-0.2, 0) is 22.7 Å². The van der Waals surface area contributed by atoms with Gasteiger partial charge in [0.15, 0.2) is 0 Å². The topological polar surface area (TPSA) is 59.0 Å². The molecule has 2 atom stereocenters. The summed E-state index contributed by atoms with van der Waals surface area (Å²) in [5.74, 6) is 0.827. The molecule has 0 spiro atoms. The van der Waals surface area contributed by atoms with Crippen molar-refractivity contribution in [3.05, 3.63) is 77.9 Å². The Labute approximate surface area is 172 Å². The number of carbonyl (C=O) groups excluding carboxylic acids is 1. The van der Waals surface area contributed by atoms with Gasteiger partial charge in [-0.1, -0.05) is 54.6 Å². The molecule has 0 aliphatic carbocycles. The molecular formula is C24H29NO4. The summed E-state index contributed by atoms with van der Waals surface area (Å²) in [6.07, 6.45) is 5.07. The Morgan fingerprint density at radius 3 is 2.48 bits per heavy atom. The zero-order valence-corrected chi connectivity index (χ0v) is 16.9. The zero-order chi connectivity index (χ0) is 20.5. The molecule has 1 N–H and O–H groups in total. The summed E-state index contributed by atoms with van der Waals surface area (Å²) >= 11 is 0. The van der Waals surface area contributed by atoms with Crippen LogP contribution in [-0.4, -0.2) is 42.3 Å². The highest BCUT2D eigenvalue weighted by Crippen LogP contribution is 2.24. The maximum Gasteiger partial charge on any atom is 0.227 e. The Morgan fingerprint density at radius 2 is 1.79 bits per heavy atom. The van der Waals surface area contributed by atoms with Gasteiger partial charge in [0.2, 0.25) is 5.91 Å². The largest absolute Gasteiger partial charge is 0.497 e. The highest BCUT2D eigenvalue weighted by molar-refractivity contribution is 5.78. The van der Waals surface area contributed by atoms with Crippen LogP contribution >= 0.6 is 0 Å². The lowest BCUT2D eigenvalue weighted by atomic mass is 9.93. The van der Waals surface area contributed by atoms with Gasteiger partial charge in [0.25, 0.3) is 0 Å². The summed E-state index contributed by atoms with van der Waals surface area (Å²) in [5, 5.41) is 10.1. The van der Waals surface area contributed by atoms with Crippen molar-refractivity contribution in [3.63, 3.8) is 0 Å². The molecule has 0 radical (unpaired) electrons. The van der Waals surface area contributed by atoms with E-state index in [1.54, 1.807) is 12.0 Å². The van der Waals surface area contributed by atoms with Gasteiger partial charge in [0, 0.05) is 18.9 Å². The molecule has 1 aliphatic heterocycles. The average molecular weight is 395 g/mol. The molecule has 2 aromatic rings. The van der Waals surface area contributed by atoms with E-state index in [1.165, 1.54) is 0 Å². The monoisotopic (exact) mass is 395 g/mol. The van der Waals surface area contributed by atoms with E-state index in [2.05, 4.69) is 0 Å². The van der Waals surface area contributed by atoms with E-state index in [4.69, 9.17) is 9.47 Å². The smallest absolute Gasteiger partial charge is 0.227 e. The van der Waals surface area contributed by atoms with Gasteiger partial charge >= 0.3 is 0 Å². The van der Waals surface area contributed by atoms with Gasteiger partial charge in [-0.3, -0.25) is 4.79 Å². The van der Waals surface area contributed by atoms with Crippen molar-refractivity contribution in [1.29, 1.82) is 0 Å². The molecule has 0 aromatic heterocycles. The fraction of sp³-hybridized carbons (Fsp3) is 0.375. The Kier molecular flexibility index (Phi) is 7.85. The van der Waals surface area contributed by atoms with Crippen molar-refractivity contribution < 1.29 is 19.4 Å². The molecule has 3 rings (SSSR count). The fourth-order valence-electron chi connectivity index (χ4n) is 3.63. The Morgan fingerprint density at radius 1 is 1.03 bits per heavy atom. The second-order valence-corrected chi connectivity index (χ2v) is 7.29. The number of ether oxygens (including phenoxy) is 2. The quantitative estimate of drug-likeness (QED) is 0.695. The average Bonchev–Trinajstić information content (AvgIpc) is 2.76. The van der Waals surface area contributed by atoms with Gasteiger partial charge in [0.1, 0.15) is 5.75 Å². The molecule has 5 nitrogen and oxygen atoms in total. The molecule has 0 saturated heterocycles. The number of hydrogen-bond donors (Lipinski definition) is 1. The number of benzene rings is 2. The summed E-state index contributed by atoms with van der Waals surface area (Å²) in [7, 11) is 1.63. The molecule has 154 valence electrons. The van der Waals surface area contributed by atoms with Crippen molar-refractivity contribution in [2.24, 2.45) is 5.92 Å². The maximum absolute atomic E-state index is 12.8. The number of allylic oxidation sites excluding steroid dienone is 1. The van der Waals surface area contributed by atoms with E-state index in [0.717, 1.165) is 23.3 Å². The first kappa shape index (κ1) is 21.1. The first-order valence-electron chi connectivity index (χ1n) is 10.0. The second-order valence-electron chi connectivity index (χ2n) is 7.29. The van der Waals surface area contributed by atoms with Crippen LogP contribution in [0.3, 0.4) is 0 Å². The van der Waals surface area contributed by atoms with Crippen molar-refractivity contribution in [1.82, 2.24) is 4.90 Å². The molecule has 0 unspecified atom stereocenters. The first-order chi connectivity index (χ1) is 14.2. The Balaban J connectivity index is 1.70. The van der Waals surface area contributed by atoms with Crippen molar-refractivity contribution >= 4 is 5.91 Å². The van der Waals surface area contributed by atoms with Gasteiger partial charge in [0.05, 0.1) is 33.0 Å². The van der Waals surface area contributed by atoms with Gasteiger partial charge in [-0.05, 0) is 29.7 Å². The number of nitrogens with zero attached hydrogens (tertiary/aromatic N) is 1. The minimum Gasteiger partial charge on any atom is -0.497 e. The molecule has 29 heavy (non-hydrogen) atoms. The number of hydrogen-bond acceptors (Lipinski definition) is 4. The lowest BCUT2D eigenvalue weighted by molar-refractivity contribution is -0.137. The number of rotatable bonds is 8. The number of aliphatic hydroxyl groups excluding tert-OH is 1. The lowest BCUT2D eigenvalue weighted by Gasteiger charge is -2.37. The molecule has 5 heteroatoms. The van der Waals surface area contributed by atoms with Crippen LogP contribution in [0.2, 0.25) is 0 Å². The normalized spacial score (nSPS) is 20.8. The fourth-order valence-corrected chi connectivity index (χ4v) is 3.63. The maximum atomic E-state index is 12.8. The van der Waals surface area contributed by atoms with E-state index in [0.29, 0.717) is 26.2 Å². The number of amides is 1. The minimum absolute atomic E-state index is 0.0175. The van der Waals surface area contributed by atoms with E-state index in [9.17, 15) is 9.90 Å². The standard InChI is InChI=1S/C24H29NO4/c1-28-22-13-11-19(12-14-22)15-25-23(16-26)21(9-5-6-10-24(25)27)18-29-17-20-7-3-2-4-8-20/h2-8,11-14,21,23,26H,9-10,15-18H2,1H3/b6-5-/t21-,23+/m0/s1. The van der Waals surface area contributed by atoms with Crippen LogP contribution in [0, 0.1) is 5.92 Å². The molecule has 0 bridgehead atoms. The van der Waals surface area contributed by atoms with Gasteiger partial charge in [-0.15, -0.1) is 0 Å². The zero-order valence-electron chi connectivity index (χ0n) is 16.9. The van der Waals surface area contributed by atoms with Crippen LogP contribution in [0.4, 0.5) is 0 Å². The van der Waals surface area contributed by atoms with Crippen LogP contribution in [0.25, 0.3) is 0 Å². The van der Waals surface area contributed by atoms with E-state index >= 15 is 0 Å². The summed E-state index contributed by atoms with van der Waals surface area (Å²) in [6, 6.07) is 17.4. The summed E-state index contributed by atoms with van der Waals surface area (Å²) in [4.78, 5) is 14.6. The molecule has 1 aliphatic rings. The number of aliphatic hydroxyl groups is 1. The molecule has 1 amide bonds. The molecular weight excluding hydrogens is 366 g/mol. The molecule has 2 aromatic carbocycles. The van der Waals surface area contributed by atoms with E-state index in [1.807, 2.05) is 66.7 Å². The van der Waals surface area contributed by atoms with E-state index < -0.39 is 0 Å². The van der Waals surface area contributed by atoms with E-state index in [-0.39, 0.29) is 24.5 Å². The number of carbonyl (C=O) groups is 1. The van der Waals surface area contributed by atoms with Crippen LogP contribution in [0.1, 0.15) is 24.0 Å². The predicted octanol–water partition coefficient (Wildman–Crippen LogP) is 3.57. The molecule has 0 saturated carbocycles. The first-order valence-corrected chi connectivity index (χ1v) is 10.0. The number of methoxy groups -OCH3 is 1. The third kappa shape index (κ3) is 5.92. The highest BCUT2D eigenvalue weighted by atomic mass is 16.5. The van der Waals surface area contributed by atoms with Crippen LogP contribution < -0.4 is 4.74 Å². The third-order valence-corrected chi connectivity index (χ3v) is 5.31. The highest BCUT2D eigenvalue weighted by Gasteiger charge is 2.31. The summed E-state index contributed by atoms with van der Waals surface area (Å²) < 4.78 is 11.2. The molecule has 1 heterocycles. The van der Waals surface area contributed by atoms with Crippen LogP contribution in [0.5, 0.6) is 5.75 Å². The Bertz CT molecular complexity index is 788. The lowest BCUT2D eigenvalue weighted by Crippen LogP contribution is -2.48. The SMILES string of the molecule is COc1ccc(CN2C(=O)C/C=C\C[C@@H](COCc3ccccc3)[C@H]2CO)cc1. The van der Waals surface area contributed by atoms with Crippen molar-refractivity contribution in [3.8, 4) is 5.75 Å². The van der Waals surface area contributed by atoms with Gasteiger partial charge in [-0.25, -0.2) is 0 Å². The minimum atomic E-state index is -0.287. The predicted molar refractivity (Wildman–Crippen MR) is 112 cm³/mol. The summed E-state index contributed by atoms with van der Waals surface area (Å²) in [5.41, 5.74) is 2.12. The summed E-state index contributed by atoms with van der Waals surface area (Å²) in [6.45, 7) is 1.37. The van der Waals surface area contributed by atoms with Crippen molar-refractivity contribution in [2.75, 3.05) is 20.3 Å². The third-order valence-electron chi connectivity index (χ3n) is 5.31. The molecule has 0 fully saturated rings. The second kappa shape index (κ2) is 10.8. The van der Waals surface area contributed by atoms with Gasteiger partial charge in [-0.2, -0.15) is 0 Å². The van der Waals surface area contributed by atoms with Gasteiger partial charge < -0.3 is 19.5 Å².